The smallest absolute Gasteiger partial charge is 0.270 e. The first-order valence-corrected chi connectivity index (χ1v) is 3.30. The molecule has 0 saturated heterocycles. The van der Waals surface area contributed by atoms with Crippen molar-refractivity contribution in [2.75, 3.05) is 5.73 Å². The lowest BCUT2D eigenvalue weighted by molar-refractivity contribution is -0.398. The summed E-state index contributed by atoms with van der Waals surface area (Å²) in [6.07, 6.45) is 0. The van der Waals surface area contributed by atoms with Gasteiger partial charge in [0.05, 0.1) is 0 Å². The van der Waals surface area contributed by atoms with Crippen LogP contribution in [0.5, 0.6) is 0 Å². The van der Waals surface area contributed by atoms with E-state index < -0.39 is 0 Å². The molecule has 0 amide bonds. The monoisotopic (exact) mass is 209 g/mol. The molecule has 0 radical (unpaired) electrons. The van der Waals surface area contributed by atoms with Crippen LogP contribution in [-0.4, -0.2) is 0 Å². The fraction of sp³-hybridized carbons (Fsp3) is 0.286. The van der Waals surface area contributed by atoms with Gasteiger partial charge >= 0.3 is 0 Å². The maximum absolute atomic E-state index is 5.51. The molecule has 3 nitrogen and oxygen atoms in total. The van der Waals surface area contributed by atoms with Gasteiger partial charge in [-0.3, -0.25) is 5.73 Å². The number of halogens is 2. The van der Waals surface area contributed by atoms with Crippen molar-refractivity contribution in [2.24, 2.45) is 0 Å². The van der Waals surface area contributed by atoms with Crippen LogP contribution in [0.2, 0.25) is 0 Å². The fourth-order valence-electron chi connectivity index (χ4n) is 0.925. The molecule has 1 rings (SSSR count). The van der Waals surface area contributed by atoms with E-state index >= 15 is 0 Å². The first-order valence-electron chi connectivity index (χ1n) is 3.30. The average molecular weight is 210 g/mol. The number of rotatable bonds is 1. The molecule has 1 heterocycles. The van der Waals surface area contributed by atoms with E-state index in [1.807, 2.05) is 19.1 Å². The molecule has 0 aliphatic carbocycles. The summed E-state index contributed by atoms with van der Waals surface area (Å²) in [5, 5.41) is 0. The van der Waals surface area contributed by atoms with Crippen LogP contribution in [-0.2, 0) is 6.54 Å². The highest BCUT2D eigenvalue weighted by atomic mass is 35.5. The normalized spacial score (nSPS) is 8.17. The Labute approximate surface area is 84.4 Å². The Balaban J connectivity index is 0. The molecule has 0 atom stereocenters. The maximum atomic E-state index is 5.51. The van der Waals surface area contributed by atoms with Gasteiger partial charge in [-0.1, -0.05) is 0 Å². The van der Waals surface area contributed by atoms with Crippen molar-refractivity contribution in [1.82, 2.24) is 0 Å². The molecule has 6 N–H and O–H groups in total. The highest BCUT2D eigenvalue weighted by molar-refractivity contribution is 5.25. The molecule has 12 heavy (non-hydrogen) atoms. The molecule has 5 heteroatoms. The lowest BCUT2D eigenvalue weighted by atomic mass is 10.2. The molecular weight excluding hydrogens is 197 g/mol. The molecule has 70 valence electrons. The Hall–Kier alpha value is -0.510. The van der Waals surface area contributed by atoms with E-state index in [4.69, 9.17) is 5.73 Å². The maximum Gasteiger partial charge on any atom is 0.270 e. The number of anilines is 1. The van der Waals surface area contributed by atoms with Gasteiger partial charge in [0.25, 0.3) is 5.82 Å². The largest absolute Gasteiger partial charge is 1.00 e. The van der Waals surface area contributed by atoms with Gasteiger partial charge in [0.15, 0.2) is 0 Å². The van der Waals surface area contributed by atoms with Gasteiger partial charge in [-0.05, 0) is 13.0 Å². The van der Waals surface area contributed by atoms with Gasteiger partial charge in [-0.25, -0.2) is 4.98 Å². The Morgan fingerprint density at radius 1 is 1.42 bits per heavy atom. The Morgan fingerprint density at radius 3 is 2.42 bits per heavy atom. The highest BCUT2D eigenvalue weighted by Crippen LogP contribution is 2.00. The molecule has 1 aromatic heterocycles. The average Bonchev–Trinajstić information content (AvgIpc) is 1.88. The van der Waals surface area contributed by atoms with Crippen LogP contribution in [0.25, 0.3) is 0 Å². The summed E-state index contributed by atoms with van der Waals surface area (Å²) >= 11 is 0. The number of aromatic amines is 1. The van der Waals surface area contributed by atoms with Crippen molar-refractivity contribution in [3.8, 4) is 0 Å². The second-order valence-corrected chi connectivity index (χ2v) is 2.31. The van der Waals surface area contributed by atoms with Crippen molar-refractivity contribution in [3.05, 3.63) is 23.4 Å². The Morgan fingerprint density at radius 2 is 2.00 bits per heavy atom. The Kier molecular flexibility index (Phi) is 7.09. The zero-order chi connectivity index (χ0) is 7.56. The highest BCUT2D eigenvalue weighted by Gasteiger charge is 2.01. The second kappa shape index (κ2) is 6.06. The third-order valence-corrected chi connectivity index (χ3v) is 1.55. The molecule has 0 aliphatic heterocycles. The number of aryl methyl sites for hydroxylation is 1. The number of hydrogen-bond donors (Lipinski definition) is 2. The third kappa shape index (κ3) is 3.26. The minimum atomic E-state index is 0. The number of nitrogens with two attached hydrogens (primary N) is 1. The van der Waals surface area contributed by atoms with E-state index in [9.17, 15) is 0 Å². The van der Waals surface area contributed by atoms with Gasteiger partial charge in [-0.2, -0.15) is 0 Å². The number of quaternary nitrogens is 1. The van der Waals surface area contributed by atoms with Crippen molar-refractivity contribution in [3.63, 3.8) is 0 Å². The van der Waals surface area contributed by atoms with E-state index in [-0.39, 0.29) is 24.8 Å². The molecule has 0 aliphatic rings. The van der Waals surface area contributed by atoms with Crippen LogP contribution in [0.1, 0.15) is 11.3 Å². The van der Waals surface area contributed by atoms with Crippen LogP contribution in [0.4, 0.5) is 5.82 Å². The van der Waals surface area contributed by atoms with E-state index in [1.54, 1.807) is 0 Å². The second-order valence-electron chi connectivity index (χ2n) is 2.31. The number of nitrogens with one attached hydrogen (secondary N) is 1. The molecular formula is C7H13Cl2N3. The van der Waals surface area contributed by atoms with Gasteiger partial charge in [-0.15, -0.1) is 0 Å². The van der Waals surface area contributed by atoms with Crippen LogP contribution in [0, 0.1) is 6.92 Å². The Bertz CT molecular complexity index is 240. The van der Waals surface area contributed by atoms with E-state index in [0.717, 1.165) is 12.2 Å². The molecule has 0 bridgehead atoms. The van der Waals surface area contributed by atoms with Gasteiger partial charge < -0.3 is 30.5 Å². The summed E-state index contributed by atoms with van der Waals surface area (Å²) < 4.78 is 0. The van der Waals surface area contributed by atoms with Crippen molar-refractivity contribution >= 4 is 5.82 Å². The topological polar surface area (TPSA) is 67.8 Å². The number of hydrogen-bond acceptors (Lipinski definition) is 1. The van der Waals surface area contributed by atoms with Crippen molar-refractivity contribution in [1.29, 1.82) is 0 Å². The van der Waals surface area contributed by atoms with Crippen LogP contribution in [0.3, 0.4) is 0 Å². The summed E-state index contributed by atoms with van der Waals surface area (Å²) in [6.45, 7) is 2.81. The molecule has 0 saturated carbocycles. The first kappa shape index (κ1) is 14.0. The lowest BCUT2D eigenvalue weighted by Gasteiger charge is -1.95. The lowest BCUT2D eigenvalue weighted by Crippen LogP contribution is -3.00. The fourth-order valence-corrected chi connectivity index (χ4v) is 0.925. The third-order valence-electron chi connectivity index (χ3n) is 1.55. The molecule has 1 aromatic rings. The molecule has 0 aromatic carbocycles. The van der Waals surface area contributed by atoms with E-state index in [1.165, 1.54) is 5.56 Å². The quantitative estimate of drug-likeness (QED) is 0.475. The summed E-state index contributed by atoms with van der Waals surface area (Å²) in [5.41, 5.74) is 11.6. The van der Waals surface area contributed by atoms with Crippen molar-refractivity contribution in [2.45, 2.75) is 13.5 Å². The molecule has 0 unspecified atom stereocenters. The van der Waals surface area contributed by atoms with Crippen molar-refractivity contribution < 1.29 is 35.5 Å². The predicted molar refractivity (Wildman–Crippen MR) is 38.7 cm³/mol. The van der Waals surface area contributed by atoms with Crippen LogP contribution in [0.15, 0.2) is 12.1 Å². The standard InChI is InChI=1S/C7H11N3.2ClH/c1-5-6(4-8)2-3-7(9)10-5;;/h2-3H,4,8H2,1H3,(H2,9,10);2*1H. The number of pyridine rings is 1. The van der Waals surface area contributed by atoms with E-state index in [0.29, 0.717) is 5.82 Å². The summed E-state index contributed by atoms with van der Waals surface area (Å²) in [6, 6.07) is 3.85. The van der Waals surface area contributed by atoms with E-state index in [2.05, 4.69) is 10.7 Å². The minimum absolute atomic E-state index is 0. The van der Waals surface area contributed by atoms with Crippen LogP contribution < -0.4 is 41.3 Å². The zero-order valence-corrected chi connectivity index (χ0v) is 8.41. The SMILES string of the molecule is Cc1[nH+]c(N)ccc1C[NH3+].[Cl-].[Cl-]. The summed E-state index contributed by atoms with van der Waals surface area (Å²) in [7, 11) is 0. The first-order chi connectivity index (χ1) is 4.74. The van der Waals surface area contributed by atoms with Gasteiger partial charge in [0.1, 0.15) is 12.2 Å². The van der Waals surface area contributed by atoms with Gasteiger partial charge in [0.2, 0.25) is 0 Å². The molecule has 0 spiro atoms. The predicted octanol–water partition coefficient (Wildman–Crippen LogP) is -6.86. The summed E-state index contributed by atoms with van der Waals surface area (Å²) in [5.74, 6) is 0.703. The zero-order valence-electron chi connectivity index (χ0n) is 6.90. The number of aromatic nitrogens is 1. The summed E-state index contributed by atoms with van der Waals surface area (Å²) in [4.78, 5) is 3.03. The van der Waals surface area contributed by atoms with Gasteiger partial charge in [0, 0.05) is 11.6 Å². The number of H-pyrrole nitrogens is 1. The van der Waals surface area contributed by atoms with Crippen LogP contribution >= 0.6 is 0 Å². The molecule has 0 fully saturated rings. The minimum Gasteiger partial charge on any atom is -1.00 e. The number of nitrogen functional groups attached to an aromatic ring is 1.